The van der Waals surface area contributed by atoms with Gasteiger partial charge in [-0.1, -0.05) is 18.2 Å². The van der Waals surface area contributed by atoms with Crippen LogP contribution in [0.25, 0.3) is 0 Å². The number of benzene rings is 1. The van der Waals surface area contributed by atoms with Gasteiger partial charge in [-0.25, -0.2) is 4.79 Å². The molecule has 31 heavy (non-hydrogen) atoms. The molecular formula is C24H25NO5S. The van der Waals surface area contributed by atoms with Gasteiger partial charge < -0.3 is 19.9 Å². The third-order valence-corrected chi connectivity index (χ3v) is 6.77. The van der Waals surface area contributed by atoms with Crippen LogP contribution in [0.4, 0.5) is 0 Å². The second kappa shape index (κ2) is 9.08. The highest BCUT2D eigenvalue weighted by atomic mass is 32.1. The van der Waals surface area contributed by atoms with Crippen LogP contribution in [0, 0.1) is 0 Å². The molecule has 0 saturated heterocycles. The summed E-state index contributed by atoms with van der Waals surface area (Å²) in [6.45, 7) is 2.27. The SMILES string of the molecule is COCCOC(=O)C1=C(C)NC2=C(C(=O)C[C@@H](c3cccs3)C2)[C@H]1c1ccc(O)cc1. The fourth-order valence-electron chi connectivity index (χ4n) is 4.33. The number of nitrogens with one attached hydrogen (secondary N) is 1. The Morgan fingerprint density at radius 3 is 2.65 bits per heavy atom. The van der Waals surface area contributed by atoms with E-state index >= 15 is 0 Å². The van der Waals surface area contributed by atoms with Gasteiger partial charge in [-0.2, -0.15) is 0 Å². The Kier molecular flexibility index (Phi) is 6.25. The molecule has 2 heterocycles. The summed E-state index contributed by atoms with van der Waals surface area (Å²) in [5.74, 6) is -0.727. The number of thiophene rings is 1. The molecule has 0 amide bonds. The molecule has 2 N–H and O–H groups in total. The Hall–Kier alpha value is -2.90. The average Bonchev–Trinajstić information content (AvgIpc) is 3.28. The van der Waals surface area contributed by atoms with Crippen molar-refractivity contribution in [1.29, 1.82) is 0 Å². The molecule has 6 nitrogen and oxygen atoms in total. The Labute approximate surface area is 185 Å². The summed E-state index contributed by atoms with van der Waals surface area (Å²) in [5, 5.41) is 15.1. The number of Topliss-reactive ketones (excluding diaryl/α,β-unsaturated/α-hetero) is 1. The molecule has 0 radical (unpaired) electrons. The van der Waals surface area contributed by atoms with E-state index in [1.165, 1.54) is 4.88 Å². The van der Waals surface area contributed by atoms with Gasteiger partial charge >= 0.3 is 5.97 Å². The van der Waals surface area contributed by atoms with Crippen molar-refractivity contribution >= 4 is 23.1 Å². The van der Waals surface area contributed by atoms with Gasteiger partial charge in [0, 0.05) is 47.2 Å². The summed E-state index contributed by atoms with van der Waals surface area (Å²) in [6.07, 6.45) is 1.11. The van der Waals surface area contributed by atoms with Gasteiger partial charge in [-0.05, 0) is 42.5 Å². The first-order chi connectivity index (χ1) is 15.0. The number of aromatic hydroxyl groups is 1. The summed E-state index contributed by atoms with van der Waals surface area (Å²) < 4.78 is 10.4. The minimum absolute atomic E-state index is 0.0277. The lowest BCUT2D eigenvalue weighted by atomic mass is 9.72. The molecule has 162 valence electrons. The molecule has 1 aromatic heterocycles. The maximum absolute atomic E-state index is 13.4. The Morgan fingerprint density at radius 2 is 1.97 bits per heavy atom. The third-order valence-electron chi connectivity index (χ3n) is 5.74. The number of hydrogen-bond donors (Lipinski definition) is 2. The molecule has 0 saturated carbocycles. The monoisotopic (exact) mass is 439 g/mol. The van der Waals surface area contributed by atoms with E-state index in [1.807, 2.05) is 18.4 Å². The number of dihydropyridines is 1. The molecule has 0 fully saturated rings. The maximum atomic E-state index is 13.4. The Bertz CT molecular complexity index is 1040. The van der Waals surface area contributed by atoms with E-state index in [0.29, 0.717) is 36.3 Å². The van der Waals surface area contributed by atoms with Gasteiger partial charge in [0.25, 0.3) is 0 Å². The predicted octanol–water partition coefficient (Wildman–Crippen LogP) is 4.00. The van der Waals surface area contributed by atoms with E-state index in [1.54, 1.807) is 42.7 Å². The van der Waals surface area contributed by atoms with Gasteiger partial charge in [0.1, 0.15) is 12.4 Å². The highest BCUT2D eigenvalue weighted by Crippen LogP contribution is 2.46. The van der Waals surface area contributed by atoms with Gasteiger partial charge in [-0.3, -0.25) is 4.79 Å². The van der Waals surface area contributed by atoms with Gasteiger partial charge in [0.2, 0.25) is 0 Å². The van der Waals surface area contributed by atoms with Crippen LogP contribution < -0.4 is 5.32 Å². The molecule has 2 atom stereocenters. The number of allylic oxidation sites excluding steroid dienone is 3. The molecule has 1 aromatic carbocycles. The molecule has 1 aliphatic carbocycles. The average molecular weight is 440 g/mol. The Balaban J connectivity index is 1.74. The first kappa shape index (κ1) is 21.3. The van der Waals surface area contributed by atoms with Crippen LogP contribution in [-0.4, -0.2) is 37.2 Å². The van der Waals surface area contributed by atoms with Crippen LogP contribution >= 0.6 is 11.3 Å². The number of hydrogen-bond acceptors (Lipinski definition) is 7. The van der Waals surface area contributed by atoms with E-state index in [-0.39, 0.29) is 24.1 Å². The van der Waals surface area contributed by atoms with E-state index in [2.05, 4.69) is 11.4 Å². The normalized spacial score (nSPS) is 21.0. The minimum atomic E-state index is -0.538. The van der Waals surface area contributed by atoms with Crippen LogP contribution in [0.3, 0.4) is 0 Å². The molecular weight excluding hydrogens is 414 g/mol. The van der Waals surface area contributed by atoms with Gasteiger partial charge in [0.05, 0.1) is 12.2 Å². The van der Waals surface area contributed by atoms with E-state index in [4.69, 9.17) is 9.47 Å². The van der Waals surface area contributed by atoms with Crippen molar-refractivity contribution in [3.05, 3.63) is 74.8 Å². The summed E-state index contributed by atoms with van der Waals surface area (Å²) >= 11 is 1.66. The number of ether oxygens (including phenoxy) is 2. The van der Waals surface area contributed by atoms with Crippen molar-refractivity contribution in [2.75, 3.05) is 20.3 Å². The maximum Gasteiger partial charge on any atom is 0.336 e. The van der Waals surface area contributed by atoms with E-state index < -0.39 is 11.9 Å². The molecule has 1 aliphatic heterocycles. The van der Waals surface area contributed by atoms with Gasteiger partial charge in [-0.15, -0.1) is 11.3 Å². The summed E-state index contributed by atoms with van der Waals surface area (Å²) in [4.78, 5) is 27.6. The van der Waals surface area contributed by atoms with Crippen molar-refractivity contribution in [3.63, 3.8) is 0 Å². The van der Waals surface area contributed by atoms with Crippen LogP contribution in [0.15, 0.2) is 64.3 Å². The lowest BCUT2D eigenvalue weighted by molar-refractivity contribution is -0.140. The number of carbonyl (C=O) groups is 2. The number of methoxy groups -OCH3 is 1. The fourth-order valence-corrected chi connectivity index (χ4v) is 5.16. The largest absolute Gasteiger partial charge is 0.508 e. The fraction of sp³-hybridized carbons (Fsp3) is 0.333. The molecule has 4 rings (SSSR count). The highest BCUT2D eigenvalue weighted by Gasteiger charge is 2.41. The number of ketones is 1. The zero-order valence-corrected chi connectivity index (χ0v) is 18.3. The number of phenols is 1. The first-order valence-electron chi connectivity index (χ1n) is 10.2. The first-order valence-corrected chi connectivity index (χ1v) is 11.1. The Morgan fingerprint density at radius 1 is 1.19 bits per heavy atom. The van der Waals surface area contributed by atoms with Crippen LogP contribution in [0.1, 0.15) is 42.0 Å². The number of carbonyl (C=O) groups excluding carboxylic acids is 2. The van der Waals surface area contributed by atoms with Crippen LogP contribution in [-0.2, 0) is 19.1 Å². The standard InChI is InChI=1S/C24H25NO5S/c1-14-21(24(28)30-10-9-29-2)22(15-5-7-17(26)8-6-15)23-18(25-14)12-16(13-19(23)27)20-4-3-11-31-20/h3-8,11,16,22,25-26H,9-10,12-13H2,1-2H3/t16-,22-/m0/s1. The van der Waals surface area contributed by atoms with Crippen molar-refractivity contribution < 1.29 is 24.2 Å². The summed E-state index contributed by atoms with van der Waals surface area (Å²) in [5.41, 5.74) is 3.34. The zero-order valence-electron chi connectivity index (χ0n) is 17.5. The predicted molar refractivity (Wildman–Crippen MR) is 118 cm³/mol. The lowest BCUT2D eigenvalue weighted by Gasteiger charge is -2.36. The highest BCUT2D eigenvalue weighted by molar-refractivity contribution is 7.10. The molecule has 0 bridgehead atoms. The summed E-state index contributed by atoms with van der Waals surface area (Å²) in [6, 6.07) is 10.7. The smallest absolute Gasteiger partial charge is 0.336 e. The molecule has 7 heteroatoms. The molecule has 0 unspecified atom stereocenters. The van der Waals surface area contributed by atoms with Crippen LogP contribution in [0.5, 0.6) is 5.75 Å². The lowest BCUT2D eigenvalue weighted by Crippen LogP contribution is -2.36. The minimum Gasteiger partial charge on any atom is -0.508 e. The topological polar surface area (TPSA) is 84.9 Å². The van der Waals surface area contributed by atoms with Crippen molar-refractivity contribution in [2.45, 2.75) is 31.6 Å². The molecule has 2 aliphatic rings. The molecule has 2 aromatic rings. The number of rotatable bonds is 6. The quantitative estimate of drug-likeness (QED) is 0.523. The molecule has 0 spiro atoms. The third kappa shape index (κ3) is 4.29. The van der Waals surface area contributed by atoms with E-state index in [9.17, 15) is 14.7 Å². The van der Waals surface area contributed by atoms with Crippen molar-refractivity contribution in [3.8, 4) is 5.75 Å². The van der Waals surface area contributed by atoms with Crippen LogP contribution in [0.2, 0.25) is 0 Å². The zero-order chi connectivity index (χ0) is 22.0. The summed E-state index contributed by atoms with van der Waals surface area (Å²) in [7, 11) is 1.54. The second-order valence-electron chi connectivity index (χ2n) is 7.75. The number of phenolic OH excluding ortho intramolecular Hbond substituents is 1. The van der Waals surface area contributed by atoms with Gasteiger partial charge in [0.15, 0.2) is 5.78 Å². The second-order valence-corrected chi connectivity index (χ2v) is 8.73. The van der Waals surface area contributed by atoms with Crippen molar-refractivity contribution in [2.24, 2.45) is 0 Å². The van der Waals surface area contributed by atoms with Crippen molar-refractivity contribution in [1.82, 2.24) is 5.32 Å². The number of esters is 1. The van der Waals surface area contributed by atoms with E-state index in [0.717, 1.165) is 11.3 Å².